The normalized spacial score (nSPS) is 13.7. The fourth-order valence-corrected chi connectivity index (χ4v) is 4.50. The molecule has 2 aromatic carbocycles. The molecule has 0 aliphatic carbocycles. The zero-order valence-electron chi connectivity index (χ0n) is 15.8. The van der Waals surface area contributed by atoms with Crippen LogP contribution in [0.4, 0.5) is 5.69 Å². The van der Waals surface area contributed by atoms with Crippen LogP contribution in [0.5, 0.6) is 5.75 Å². The lowest BCUT2D eigenvalue weighted by molar-refractivity contribution is -0.116. The van der Waals surface area contributed by atoms with Gasteiger partial charge in [0, 0.05) is 32.7 Å². The van der Waals surface area contributed by atoms with E-state index < -0.39 is 10.0 Å². The summed E-state index contributed by atoms with van der Waals surface area (Å²) in [6, 6.07) is 12.4. The van der Waals surface area contributed by atoms with E-state index >= 15 is 0 Å². The number of anilines is 1. The second kappa shape index (κ2) is 7.70. The van der Waals surface area contributed by atoms with E-state index in [1.54, 1.807) is 30.1 Å². The van der Waals surface area contributed by atoms with Gasteiger partial charge < -0.3 is 9.64 Å². The minimum atomic E-state index is -3.63. The Balaban J connectivity index is 1.82. The lowest BCUT2D eigenvalue weighted by atomic mass is 10.2. The highest BCUT2D eigenvalue weighted by Gasteiger charge is 2.26. The van der Waals surface area contributed by atoms with Crippen LogP contribution in [-0.2, 0) is 27.8 Å². The van der Waals surface area contributed by atoms with Crippen molar-refractivity contribution in [3.8, 4) is 5.75 Å². The third-order valence-corrected chi connectivity index (χ3v) is 6.45. The molecule has 7 heteroatoms. The van der Waals surface area contributed by atoms with Crippen LogP contribution in [0.25, 0.3) is 0 Å². The van der Waals surface area contributed by atoms with Gasteiger partial charge in [0.15, 0.2) is 0 Å². The Morgan fingerprint density at radius 2 is 2.00 bits per heavy atom. The number of nitrogens with zero attached hydrogens (tertiary/aromatic N) is 2. The summed E-state index contributed by atoms with van der Waals surface area (Å²) in [5.41, 5.74) is 2.54. The van der Waals surface area contributed by atoms with E-state index in [2.05, 4.69) is 0 Å². The molecule has 2 aromatic rings. The van der Waals surface area contributed by atoms with Crippen LogP contribution in [0, 0.1) is 0 Å². The smallest absolute Gasteiger partial charge is 0.243 e. The fraction of sp³-hybridized carbons (Fsp3) is 0.350. The lowest BCUT2D eigenvalue weighted by Crippen LogP contribution is -2.27. The number of hydrogen-bond donors (Lipinski definition) is 0. The lowest BCUT2D eigenvalue weighted by Gasteiger charge is -2.19. The number of fused-ring (bicyclic) bond motifs is 1. The molecule has 1 aliphatic heterocycles. The van der Waals surface area contributed by atoms with Crippen LogP contribution in [0.15, 0.2) is 47.4 Å². The minimum absolute atomic E-state index is 0.0318. The molecule has 1 amide bonds. The van der Waals surface area contributed by atoms with Crippen LogP contribution in [0.1, 0.15) is 25.0 Å². The molecule has 0 bridgehead atoms. The molecule has 0 unspecified atom stereocenters. The molecule has 3 rings (SSSR count). The number of ether oxygens (including phenoxy) is 1. The van der Waals surface area contributed by atoms with E-state index in [0.29, 0.717) is 19.6 Å². The molecule has 0 spiro atoms. The van der Waals surface area contributed by atoms with Crippen molar-refractivity contribution >= 4 is 21.6 Å². The Bertz CT molecular complexity index is 956. The van der Waals surface area contributed by atoms with Crippen molar-refractivity contribution in [2.24, 2.45) is 0 Å². The maximum Gasteiger partial charge on any atom is 0.243 e. The van der Waals surface area contributed by atoms with Crippen LogP contribution < -0.4 is 9.64 Å². The number of hydrogen-bond acceptors (Lipinski definition) is 4. The number of benzene rings is 2. The van der Waals surface area contributed by atoms with Gasteiger partial charge in [0.25, 0.3) is 0 Å². The van der Waals surface area contributed by atoms with Crippen molar-refractivity contribution < 1.29 is 17.9 Å². The molecule has 1 heterocycles. The number of rotatable bonds is 6. The van der Waals surface area contributed by atoms with E-state index in [1.165, 1.54) is 11.2 Å². The minimum Gasteiger partial charge on any atom is -0.494 e. The molecule has 0 atom stereocenters. The zero-order valence-corrected chi connectivity index (χ0v) is 16.6. The van der Waals surface area contributed by atoms with Gasteiger partial charge in [-0.1, -0.05) is 12.1 Å². The average Bonchev–Trinajstić information content (AvgIpc) is 3.05. The third kappa shape index (κ3) is 3.99. The predicted octanol–water partition coefficient (Wildman–Crippen LogP) is 2.82. The van der Waals surface area contributed by atoms with E-state index in [4.69, 9.17) is 4.74 Å². The average molecular weight is 388 g/mol. The van der Waals surface area contributed by atoms with Crippen LogP contribution in [0.3, 0.4) is 0 Å². The van der Waals surface area contributed by atoms with Gasteiger partial charge in [-0.05, 0) is 54.8 Å². The second-order valence-corrected chi connectivity index (χ2v) is 8.60. The van der Waals surface area contributed by atoms with Crippen molar-refractivity contribution in [1.29, 1.82) is 0 Å². The summed E-state index contributed by atoms with van der Waals surface area (Å²) < 4.78 is 32.8. The first-order valence-electron chi connectivity index (χ1n) is 8.92. The quantitative estimate of drug-likeness (QED) is 0.763. The molecule has 27 heavy (non-hydrogen) atoms. The van der Waals surface area contributed by atoms with Gasteiger partial charge in [-0.3, -0.25) is 4.79 Å². The highest BCUT2D eigenvalue weighted by atomic mass is 32.2. The largest absolute Gasteiger partial charge is 0.494 e. The number of sulfonamides is 1. The molecule has 0 radical (unpaired) electrons. The zero-order chi connectivity index (χ0) is 19.6. The molecular weight excluding hydrogens is 364 g/mol. The van der Waals surface area contributed by atoms with Crippen LogP contribution >= 0.6 is 0 Å². The van der Waals surface area contributed by atoms with E-state index in [1.807, 2.05) is 31.2 Å². The van der Waals surface area contributed by atoms with Gasteiger partial charge in [0.1, 0.15) is 5.75 Å². The Morgan fingerprint density at radius 3 is 2.70 bits per heavy atom. The molecule has 0 N–H and O–H groups in total. The van der Waals surface area contributed by atoms with Gasteiger partial charge in [0.2, 0.25) is 15.9 Å². The summed E-state index contributed by atoms with van der Waals surface area (Å²) in [4.78, 5) is 13.6. The van der Waals surface area contributed by atoms with Gasteiger partial charge in [0.05, 0.1) is 11.5 Å². The first kappa shape index (κ1) is 19.4. The molecule has 6 nitrogen and oxygen atoms in total. The van der Waals surface area contributed by atoms with E-state index in [9.17, 15) is 13.2 Å². The second-order valence-electron chi connectivity index (χ2n) is 6.55. The van der Waals surface area contributed by atoms with Crippen molar-refractivity contribution in [2.75, 3.05) is 25.1 Å². The predicted molar refractivity (Wildman–Crippen MR) is 104 cm³/mol. The Hall–Kier alpha value is -2.38. The van der Waals surface area contributed by atoms with Gasteiger partial charge in [-0.2, -0.15) is 4.31 Å². The molecule has 1 aliphatic rings. The third-order valence-electron chi connectivity index (χ3n) is 4.65. The summed E-state index contributed by atoms with van der Waals surface area (Å²) in [5.74, 6) is 0.693. The number of carbonyl (C=O) groups excluding carboxylic acids is 1. The summed E-state index contributed by atoms with van der Waals surface area (Å²) in [7, 11) is -2.07. The topological polar surface area (TPSA) is 66.9 Å². The Morgan fingerprint density at radius 1 is 1.22 bits per heavy atom. The molecule has 0 aromatic heterocycles. The molecule has 0 saturated carbocycles. The standard InChI is InChI=1S/C20H24N2O4S/c1-4-26-18-7-5-6-16(12-18)14-21(3)27(24,25)19-8-9-20-17(13-19)10-11-22(20)15(2)23/h5-9,12-13H,4,10-11,14H2,1-3H3. The van der Waals surface area contributed by atoms with Crippen LogP contribution in [0.2, 0.25) is 0 Å². The van der Waals surface area contributed by atoms with Crippen molar-refractivity contribution in [1.82, 2.24) is 4.31 Å². The maximum absolute atomic E-state index is 13.0. The summed E-state index contributed by atoms with van der Waals surface area (Å²) in [6.45, 7) is 4.83. The van der Waals surface area contributed by atoms with Crippen molar-refractivity contribution in [3.05, 3.63) is 53.6 Å². The Labute approximate surface area is 160 Å². The fourth-order valence-electron chi connectivity index (χ4n) is 3.29. The summed E-state index contributed by atoms with van der Waals surface area (Å²) in [5, 5.41) is 0. The van der Waals surface area contributed by atoms with Crippen molar-refractivity contribution in [3.63, 3.8) is 0 Å². The van der Waals surface area contributed by atoms with E-state index in [-0.39, 0.29) is 17.3 Å². The number of carbonyl (C=O) groups is 1. The van der Waals surface area contributed by atoms with E-state index in [0.717, 1.165) is 22.6 Å². The SMILES string of the molecule is CCOc1cccc(CN(C)S(=O)(=O)c2ccc3c(c2)CCN3C(C)=O)c1. The highest BCUT2D eigenvalue weighted by Crippen LogP contribution is 2.31. The van der Waals surface area contributed by atoms with Crippen molar-refractivity contribution in [2.45, 2.75) is 31.7 Å². The van der Waals surface area contributed by atoms with Gasteiger partial charge in [-0.25, -0.2) is 8.42 Å². The Kier molecular flexibility index (Phi) is 5.53. The summed E-state index contributed by atoms with van der Waals surface area (Å²) in [6.07, 6.45) is 0.665. The molecule has 144 valence electrons. The molecule has 0 saturated heterocycles. The van der Waals surface area contributed by atoms with Gasteiger partial charge >= 0.3 is 0 Å². The van der Waals surface area contributed by atoms with Crippen LogP contribution in [-0.4, -0.2) is 38.8 Å². The first-order chi connectivity index (χ1) is 12.8. The van der Waals surface area contributed by atoms with Gasteiger partial charge in [-0.15, -0.1) is 0 Å². The monoisotopic (exact) mass is 388 g/mol. The number of amides is 1. The molecule has 0 fully saturated rings. The maximum atomic E-state index is 13.0. The molecular formula is C20H24N2O4S. The summed E-state index contributed by atoms with van der Waals surface area (Å²) >= 11 is 0. The highest BCUT2D eigenvalue weighted by molar-refractivity contribution is 7.89. The first-order valence-corrected chi connectivity index (χ1v) is 10.4.